The third kappa shape index (κ3) is 4.85. The van der Waals surface area contributed by atoms with E-state index < -0.39 is 36.8 Å². The van der Waals surface area contributed by atoms with Gasteiger partial charge in [-0.15, -0.1) is 0 Å². The first-order valence-electron chi connectivity index (χ1n) is 10.5. The van der Waals surface area contributed by atoms with Crippen LogP contribution in [0, 0.1) is 17.5 Å². The minimum Gasteiger partial charge on any atom is -0.442 e. The molecule has 2 heterocycles. The molecule has 0 spiro atoms. The van der Waals surface area contributed by atoms with E-state index in [1.807, 2.05) is 0 Å². The SMILES string of the molecule is CC(=O)NC[C@H]1CN(c2cc(F)c(N3CCP(=O)(c4ccc(F)cc4)CC3)c(F)c2)C(=O)O1. The van der Waals surface area contributed by atoms with Gasteiger partial charge in [0.1, 0.15) is 24.8 Å². The molecule has 7 nitrogen and oxygen atoms in total. The van der Waals surface area contributed by atoms with Crippen LogP contribution in [-0.2, 0) is 14.1 Å². The molecule has 0 unspecified atom stereocenters. The van der Waals surface area contributed by atoms with Gasteiger partial charge in [0.05, 0.1) is 18.8 Å². The maximum absolute atomic E-state index is 15.0. The topological polar surface area (TPSA) is 79.0 Å². The van der Waals surface area contributed by atoms with Crippen molar-refractivity contribution >= 4 is 35.8 Å². The summed E-state index contributed by atoms with van der Waals surface area (Å²) in [7, 11) is -2.78. The standard InChI is InChI=1S/C22H23F3N3O4P/c1-14(29)26-12-17-13-28(22(30)32-17)16-10-19(24)21(20(25)11-16)27-6-8-33(31,9-7-27)18-4-2-15(23)3-5-18/h2-5,10-11,17H,6-9,12-13H2,1H3,(H,26,29)/t17-/m0/s1. The van der Waals surface area contributed by atoms with E-state index in [9.17, 15) is 27.3 Å². The van der Waals surface area contributed by atoms with Crippen LogP contribution in [0.3, 0.4) is 0 Å². The summed E-state index contributed by atoms with van der Waals surface area (Å²) in [6.07, 6.45) is -0.963. The Bertz CT molecular complexity index is 1090. The molecular weight excluding hydrogens is 458 g/mol. The van der Waals surface area contributed by atoms with Crippen LogP contribution in [0.15, 0.2) is 36.4 Å². The Hall–Kier alpha value is -3.00. The molecule has 0 aromatic heterocycles. The molecule has 0 radical (unpaired) electrons. The molecule has 1 N–H and O–H groups in total. The number of carbonyl (C=O) groups is 2. The number of carbonyl (C=O) groups excluding carboxylic acids is 2. The normalized spacial score (nSPS) is 20.0. The lowest BCUT2D eigenvalue weighted by atomic mass is 10.2. The molecular formula is C22H23F3N3O4P. The van der Waals surface area contributed by atoms with Crippen molar-refractivity contribution in [2.24, 2.45) is 0 Å². The van der Waals surface area contributed by atoms with Gasteiger partial charge in [-0.3, -0.25) is 9.69 Å². The van der Waals surface area contributed by atoms with Gasteiger partial charge in [-0.2, -0.15) is 0 Å². The highest BCUT2D eigenvalue weighted by Crippen LogP contribution is 2.47. The van der Waals surface area contributed by atoms with Gasteiger partial charge in [0.15, 0.2) is 11.6 Å². The third-order valence-electron chi connectivity index (χ3n) is 5.84. The molecule has 2 aliphatic heterocycles. The Morgan fingerprint density at radius 1 is 1.12 bits per heavy atom. The van der Waals surface area contributed by atoms with Crippen LogP contribution in [0.25, 0.3) is 0 Å². The van der Waals surface area contributed by atoms with Crippen molar-refractivity contribution < 1.29 is 32.1 Å². The second-order valence-electron chi connectivity index (χ2n) is 8.11. The molecule has 0 aliphatic carbocycles. The Morgan fingerprint density at radius 3 is 2.30 bits per heavy atom. The zero-order valence-corrected chi connectivity index (χ0v) is 18.8. The number of cyclic esters (lactones) is 1. The zero-order chi connectivity index (χ0) is 23.8. The van der Waals surface area contributed by atoms with E-state index in [1.165, 1.54) is 36.1 Å². The number of ether oxygens (including phenoxy) is 1. The predicted octanol–water partition coefficient (Wildman–Crippen LogP) is 3.07. The summed E-state index contributed by atoms with van der Waals surface area (Å²) >= 11 is 0. The highest BCUT2D eigenvalue weighted by atomic mass is 31.2. The van der Waals surface area contributed by atoms with E-state index in [0.717, 1.165) is 17.0 Å². The number of benzene rings is 2. The number of halogens is 3. The van der Waals surface area contributed by atoms with Gasteiger partial charge >= 0.3 is 6.09 Å². The van der Waals surface area contributed by atoms with Crippen LogP contribution >= 0.6 is 7.14 Å². The molecule has 2 aromatic carbocycles. The molecule has 2 fully saturated rings. The molecule has 2 aliphatic rings. The number of hydrogen-bond acceptors (Lipinski definition) is 5. The average Bonchev–Trinajstić information content (AvgIpc) is 3.14. The first-order valence-corrected chi connectivity index (χ1v) is 12.5. The van der Waals surface area contributed by atoms with Crippen LogP contribution in [0.5, 0.6) is 0 Å². The van der Waals surface area contributed by atoms with Gasteiger partial charge in [-0.1, -0.05) is 0 Å². The fourth-order valence-electron chi connectivity index (χ4n) is 4.09. The molecule has 0 bridgehead atoms. The van der Waals surface area contributed by atoms with Crippen LogP contribution in [0.1, 0.15) is 6.92 Å². The van der Waals surface area contributed by atoms with E-state index in [2.05, 4.69) is 5.32 Å². The molecule has 2 aromatic rings. The molecule has 2 amide bonds. The molecule has 33 heavy (non-hydrogen) atoms. The fraction of sp³-hybridized carbons (Fsp3) is 0.364. The lowest BCUT2D eigenvalue weighted by Crippen LogP contribution is -2.38. The van der Waals surface area contributed by atoms with Crippen LogP contribution in [-0.4, -0.2) is 56.6 Å². The predicted molar refractivity (Wildman–Crippen MR) is 118 cm³/mol. The molecule has 2 saturated heterocycles. The lowest BCUT2D eigenvalue weighted by Gasteiger charge is -2.34. The Kier molecular flexibility index (Phi) is 6.38. The second kappa shape index (κ2) is 9.09. The van der Waals surface area contributed by atoms with Crippen LogP contribution in [0.4, 0.5) is 29.3 Å². The highest BCUT2D eigenvalue weighted by Gasteiger charge is 2.35. The van der Waals surface area contributed by atoms with E-state index >= 15 is 0 Å². The minimum absolute atomic E-state index is 0.0121. The first kappa shape index (κ1) is 23.2. The Morgan fingerprint density at radius 2 is 1.73 bits per heavy atom. The number of amides is 2. The smallest absolute Gasteiger partial charge is 0.414 e. The van der Waals surface area contributed by atoms with Gasteiger partial charge in [0, 0.05) is 49.8 Å². The maximum Gasteiger partial charge on any atom is 0.414 e. The Labute approximate surface area is 188 Å². The molecule has 4 rings (SSSR count). The van der Waals surface area contributed by atoms with Crippen molar-refractivity contribution in [1.29, 1.82) is 0 Å². The summed E-state index contributed by atoms with van der Waals surface area (Å²) in [4.78, 5) is 25.8. The maximum atomic E-state index is 15.0. The summed E-state index contributed by atoms with van der Waals surface area (Å²) in [6.45, 7) is 1.82. The van der Waals surface area contributed by atoms with Crippen LogP contribution < -0.4 is 20.4 Å². The summed E-state index contributed by atoms with van der Waals surface area (Å²) in [5, 5.41) is 3.09. The lowest BCUT2D eigenvalue weighted by molar-refractivity contribution is -0.119. The largest absolute Gasteiger partial charge is 0.442 e. The van der Waals surface area contributed by atoms with Crippen molar-refractivity contribution in [2.75, 3.05) is 48.3 Å². The summed E-state index contributed by atoms with van der Waals surface area (Å²) in [5.41, 5.74) is -0.232. The average molecular weight is 481 g/mol. The van der Waals surface area contributed by atoms with Crippen LogP contribution in [0.2, 0.25) is 0 Å². The summed E-state index contributed by atoms with van der Waals surface area (Å²) in [5.74, 6) is -2.39. The summed E-state index contributed by atoms with van der Waals surface area (Å²) in [6, 6.07) is 7.63. The number of nitrogens with one attached hydrogen (secondary N) is 1. The molecule has 1 atom stereocenters. The molecule has 11 heteroatoms. The second-order valence-corrected chi connectivity index (χ2v) is 11.3. The number of anilines is 2. The number of rotatable bonds is 5. The van der Waals surface area contributed by atoms with Gasteiger partial charge in [0.2, 0.25) is 5.91 Å². The molecule has 0 saturated carbocycles. The quantitative estimate of drug-likeness (QED) is 0.665. The van der Waals surface area contributed by atoms with Gasteiger partial charge in [-0.05, 0) is 24.3 Å². The minimum atomic E-state index is -2.78. The third-order valence-corrected chi connectivity index (χ3v) is 8.93. The van der Waals surface area contributed by atoms with E-state index in [4.69, 9.17) is 4.74 Å². The zero-order valence-electron chi connectivity index (χ0n) is 17.9. The van der Waals surface area contributed by atoms with Crippen molar-refractivity contribution in [3.05, 3.63) is 53.8 Å². The van der Waals surface area contributed by atoms with Crippen molar-refractivity contribution in [3.8, 4) is 0 Å². The van der Waals surface area contributed by atoms with Crippen molar-refractivity contribution in [3.63, 3.8) is 0 Å². The van der Waals surface area contributed by atoms with Gasteiger partial charge < -0.3 is 19.5 Å². The van der Waals surface area contributed by atoms with Crippen molar-refractivity contribution in [1.82, 2.24) is 5.32 Å². The first-order chi connectivity index (χ1) is 15.7. The van der Waals surface area contributed by atoms with E-state index in [-0.39, 0.29) is 55.8 Å². The summed E-state index contributed by atoms with van der Waals surface area (Å²) < 4.78 is 61.5. The monoisotopic (exact) mass is 481 g/mol. The molecule has 176 valence electrons. The van der Waals surface area contributed by atoms with E-state index in [0.29, 0.717) is 5.30 Å². The number of hydrogen-bond donors (Lipinski definition) is 1. The van der Waals surface area contributed by atoms with Gasteiger partial charge in [0.25, 0.3) is 0 Å². The highest BCUT2D eigenvalue weighted by molar-refractivity contribution is 7.71. The van der Waals surface area contributed by atoms with Gasteiger partial charge in [-0.25, -0.2) is 18.0 Å². The Balaban J connectivity index is 1.47. The number of nitrogens with zero attached hydrogens (tertiary/aromatic N) is 2. The fourth-order valence-corrected chi connectivity index (χ4v) is 6.65. The van der Waals surface area contributed by atoms with Crippen molar-refractivity contribution in [2.45, 2.75) is 13.0 Å². The van der Waals surface area contributed by atoms with E-state index in [1.54, 1.807) is 0 Å².